The van der Waals surface area contributed by atoms with Gasteiger partial charge in [-0.3, -0.25) is 9.59 Å². The average molecular weight is 369 g/mol. The Hall–Kier alpha value is -3.66. The highest BCUT2D eigenvalue weighted by molar-refractivity contribution is 6.43. The van der Waals surface area contributed by atoms with E-state index in [2.05, 4.69) is 0 Å². The van der Waals surface area contributed by atoms with Gasteiger partial charge in [-0.15, -0.1) is 0 Å². The van der Waals surface area contributed by atoms with Crippen LogP contribution in [0.4, 0.5) is 5.69 Å². The van der Waals surface area contributed by atoms with Crippen molar-refractivity contribution in [2.45, 2.75) is 6.92 Å². The zero-order valence-electron chi connectivity index (χ0n) is 15.7. The quantitative estimate of drug-likeness (QED) is 0.495. The van der Waals surface area contributed by atoms with Gasteiger partial charge in [-0.2, -0.15) is 0 Å². The number of hydrogen-bond acceptors (Lipinski definition) is 3. The number of anilines is 1. The van der Waals surface area contributed by atoms with Gasteiger partial charge in [0.1, 0.15) is 5.75 Å². The highest BCUT2D eigenvalue weighted by atomic mass is 16.5. The Morgan fingerprint density at radius 1 is 0.786 bits per heavy atom. The summed E-state index contributed by atoms with van der Waals surface area (Å²) in [6.45, 7) is 1.97. The van der Waals surface area contributed by atoms with Crippen LogP contribution in [0.1, 0.15) is 27.0 Å². The van der Waals surface area contributed by atoms with Crippen LogP contribution in [0.15, 0.2) is 72.8 Å². The second-order valence-electron chi connectivity index (χ2n) is 6.66. The van der Waals surface area contributed by atoms with Gasteiger partial charge in [0.25, 0.3) is 11.8 Å². The van der Waals surface area contributed by atoms with Crippen molar-refractivity contribution in [3.8, 4) is 5.75 Å². The third-order valence-corrected chi connectivity index (χ3v) is 4.80. The first-order valence-corrected chi connectivity index (χ1v) is 8.99. The van der Waals surface area contributed by atoms with E-state index < -0.39 is 0 Å². The topological polar surface area (TPSA) is 46.6 Å². The first-order valence-electron chi connectivity index (χ1n) is 8.99. The van der Waals surface area contributed by atoms with E-state index in [1.165, 1.54) is 4.90 Å². The lowest BCUT2D eigenvalue weighted by Gasteiger charge is -2.28. The summed E-state index contributed by atoms with van der Waals surface area (Å²) in [7, 11) is 1.61. The smallest absolute Gasteiger partial charge is 0.265 e. The molecule has 0 saturated carbocycles. The van der Waals surface area contributed by atoms with Crippen molar-refractivity contribution in [2.75, 3.05) is 12.0 Å². The number of hydrogen-bond donors (Lipinski definition) is 0. The summed E-state index contributed by atoms with van der Waals surface area (Å²) in [5.41, 5.74) is 4.14. The Morgan fingerprint density at radius 2 is 1.43 bits per heavy atom. The summed E-state index contributed by atoms with van der Waals surface area (Å²) in [6.07, 6.45) is 1.81. The molecule has 0 unspecified atom stereocenters. The van der Waals surface area contributed by atoms with E-state index in [4.69, 9.17) is 4.74 Å². The fourth-order valence-electron chi connectivity index (χ4n) is 3.29. The second kappa shape index (κ2) is 7.16. The van der Waals surface area contributed by atoms with E-state index in [0.717, 1.165) is 16.9 Å². The van der Waals surface area contributed by atoms with Crippen LogP contribution >= 0.6 is 0 Å². The lowest BCUT2D eigenvalue weighted by Crippen LogP contribution is -2.41. The maximum atomic E-state index is 13.3. The number of carbonyl (C=O) groups excluding carboxylic acids is 2. The molecule has 0 N–H and O–H groups in total. The van der Waals surface area contributed by atoms with Crippen LogP contribution in [-0.4, -0.2) is 18.9 Å². The fourth-order valence-corrected chi connectivity index (χ4v) is 3.29. The predicted molar refractivity (Wildman–Crippen MR) is 110 cm³/mol. The number of aryl methyl sites for hydroxylation is 1. The zero-order chi connectivity index (χ0) is 19.7. The molecule has 1 heterocycles. The van der Waals surface area contributed by atoms with Crippen LogP contribution in [0.25, 0.3) is 11.6 Å². The molecule has 0 aromatic heterocycles. The molecule has 0 saturated heterocycles. The van der Waals surface area contributed by atoms with Gasteiger partial charge in [0.2, 0.25) is 0 Å². The molecule has 0 fully saturated rings. The summed E-state index contributed by atoms with van der Waals surface area (Å²) in [4.78, 5) is 27.6. The number of fused-ring (bicyclic) bond motifs is 1. The van der Waals surface area contributed by atoms with E-state index in [-0.39, 0.29) is 11.8 Å². The number of ether oxygens (including phenoxy) is 1. The molecule has 1 aliphatic rings. The average Bonchev–Trinajstić information content (AvgIpc) is 2.73. The van der Waals surface area contributed by atoms with Gasteiger partial charge in [0.05, 0.1) is 12.8 Å². The van der Waals surface area contributed by atoms with Gasteiger partial charge in [-0.25, -0.2) is 4.90 Å². The summed E-state index contributed by atoms with van der Waals surface area (Å²) in [5, 5.41) is 0. The molecule has 4 nitrogen and oxygen atoms in total. The van der Waals surface area contributed by atoms with Gasteiger partial charge in [0.15, 0.2) is 0 Å². The number of carbonyl (C=O) groups is 2. The molecule has 138 valence electrons. The normalized spacial score (nSPS) is 14.9. The van der Waals surface area contributed by atoms with Gasteiger partial charge >= 0.3 is 0 Å². The number of nitrogens with zero attached hydrogens (tertiary/aromatic N) is 1. The van der Waals surface area contributed by atoms with Crippen molar-refractivity contribution in [2.24, 2.45) is 0 Å². The van der Waals surface area contributed by atoms with Crippen molar-refractivity contribution >= 4 is 29.2 Å². The number of methoxy groups -OCH3 is 1. The predicted octanol–water partition coefficient (Wildman–Crippen LogP) is 4.73. The molecule has 0 atom stereocenters. The maximum absolute atomic E-state index is 13.3. The van der Waals surface area contributed by atoms with Gasteiger partial charge in [-0.05, 0) is 54.5 Å². The van der Waals surface area contributed by atoms with Crippen LogP contribution in [-0.2, 0) is 4.79 Å². The molecule has 2 amide bonds. The largest absolute Gasteiger partial charge is 0.497 e. The number of rotatable bonds is 3. The maximum Gasteiger partial charge on any atom is 0.265 e. The lowest BCUT2D eigenvalue weighted by atomic mass is 9.91. The molecular formula is C24H19NO3. The minimum atomic E-state index is -0.330. The van der Waals surface area contributed by atoms with E-state index >= 15 is 0 Å². The van der Waals surface area contributed by atoms with Crippen molar-refractivity contribution in [1.29, 1.82) is 0 Å². The van der Waals surface area contributed by atoms with Crippen LogP contribution in [0, 0.1) is 6.92 Å². The van der Waals surface area contributed by atoms with E-state index in [1.807, 2.05) is 67.6 Å². The molecule has 0 spiro atoms. The Labute approximate surface area is 163 Å². The minimum Gasteiger partial charge on any atom is -0.497 e. The van der Waals surface area contributed by atoms with Gasteiger partial charge in [-0.1, -0.05) is 48.0 Å². The van der Waals surface area contributed by atoms with E-state index in [9.17, 15) is 9.59 Å². The SMILES string of the molecule is COc1ccc(/C=C2/C(=O)N(c3ccc(C)cc3)C(=O)c3ccccc32)cc1. The second-order valence-corrected chi connectivity index (χ2v) is 6.66. The third kappa shape index (κ3) is 3.09. The van der Waals surface area contributed by atoms with Crippen molar-refractivity contribution < 1.29 is 14.3 Å². The third-order valence-electron chi connectivity index (χ3n) is 4.80. The zero-order valence-corrected chi connectivity index (χ0v) is 15.7. The standard InChI is InChI=1S/C24H19NO3/c1-16-7-11-18(12-8-16)25-23(26)21-6-4-3-5-20(21)22(24(25)27)15-17-9-13-19(28-2)14-10-17/h3-15H,1-2H3/b22-15+. The van der Waals surface area contributed by atoms with Crippen LogP contribution in [0.2, 0.25) is 0 Å². The molecular weight excluding hydrogens is 350 g/mol. The molecule has 3 aromatic rings. The van der Waals surface area contributed by atoms with Crippen molar-refractivity contribution in [1.82, 2.24) is 0 Å². The Kier molecular flexibility index (Phi) is 4.53. The molecule has 3 aromatic carbocycles. The Balaban J connectivity index is 1.85. The van der Waals surface area contributed by atoms with Gasteiger partial charge in [0, 0.05) is 11.1 Å². The number of imide groups is 1. The van der Waals surface area contributed by atoms with Crippen LogP contribution in [0.5, 0.6) is 5.75 Å². The first-order chi connectivity index (χ1) is 13.6. The molecule has 0 aliphatic carbocycles. The van der Waals surface area contributed by atoms with E-state index in [0.29, 0.717) is 22.4 Å². The minimum absolute atomic E-state index is 0.309. The van der Waals surface area contributed by atoms with Crippen LogP contribution in [0.3, 0.4) is 0 Å². The highest BCUT2D eigenvalue weighted by Gasteiger charge is 2.35. The summed E-state index contributed by atoms with van der Waals surface area (Å²) in [6, 6.07) is 22.0. The number of benzene rings is 3. The summed E-state index contributed by atoms with van der Waals surface area (Å²) >= 11 is 0. The molecule has 28 heavy (non-hydrogen) atoms. The molecule has 1 aliphatic heterocycles. The van der Waals surface area contributed by atoms with Crippen molar-refractivity contribution in [3.05, 3.63) is 95.1 Å². The summed E-state index contributed by atoms with van der Waals surface area (Å²) in [5.74, 6) is 0.105. The first kappa shape index (κ1) is 17.7. The fraction of sp³-hybridized carbons (Fsp3) is 0.0833. The molecule has 0 radical (unpaired) electrons. The van der Waals surface area contributed by atoms with Crippen LogP contribution < -0.4 is 9.64 Å². The van der Waals surface area contributed by atoms with E-state index in [1.54, 1.807) is 25.3 Å². The number of amides is 2. The Bertz CT molecular complexity index is 1080. The lowest BCUT2D eigenvalue weighted by molar-refractivity contribution is -0.112. The van der Waals surface area contributed by atoms with Crippen molar-refractivity contribution in [3.63, 3.8) is 0 Å². The van der Waals surface area contributed by atoms with Gasteiger partial charge < -0.3 is 4.74 Å². The highest BCUT2D eigenvalue weighted by Crippen LogP contribution is 2.33. The summed E-state index contributed by atoms with van der Waals surface area (Å²) < 4.78 is 5.19. The molecule has 4 rings (SSSR count). The molecule has 4 heteroatoms. The monoisotopic (exact) mass is 369 g/mol. The molecule has 0 bridgehead atoms. The Morgan fingerprint density at radius 3 is 2.07 bits per heavy atom.